The van der Waals surface area contributed by atoms with Gasteiger partial charge in [0.25, 0.3) is 0 Å². The molecule has 0 unspecified atom stereocenters. The summed E-state index contributed by atoms with van der Waals surface area (Å²) >= 11 is 0. The quantitative estimate of drug-likeness (QED) is 0.497. The van der Waals surface area contributed by atoms with Gasteiger partial charge in [-0.2, -0.15) is 0 Å². The van der Waals surface area contributed by atoms with E-state index in [1.807, 2.05) is 20.8 Å². The summed E-state index contributed by atoms with van der Waals surface area (Å²) in [5.41, 5.74) is 0.886. The number of methoxy groups -OCH3 is 1. The fourth-order valence-corrected chi connectivity index (χ4v) is 6.89. The lowest BCUT2D eigenvalue weighted by molar-refractivity contribution is 0.412. The van der Waals surface area contributed by atoms with Gasteiger partial charge < -0.3 is 10.1 Å². The third-order valence-electron chi connectivity index (χ3n) is 5.13. The largest absolute Gasteiger partial charge is 0.497 e. The van der Waals surface area contributed by atoms with Crippen LogP contribution in [-0.4, -0.2) is 30.0 Å². The maximum absolute atomic E-state index is 14.3. The Balaban J connectivity index is 2.14. The topological polar surface area (TPSA) is 89.5 Å². The van der Waals surface area contributed by atoms with Gasteiger partial charge in [-0.05, 0) is 48.9 Å². The van der Waals surface area contributed by atoms with Crippen molar-refractivity contribution in [3.63, 3.8) is 0 Å². The van der Waals surface area contributed by atoms with Crippen LogP contribution in [0.3, 0.4) is 0 Å². The molecule has 3 aromatic carbocycles. The van der Waals surface area contributed by atoms with Gasteiger partial charge in [-0.15, -0.1) is 0 Å². The third kappa shape index (κ3) is 5.10. The average molecular weight is 492 g/mol. The average Bonchev–Trinajstić information content (AvgIpc) is 2.78. The predicted octanol–water partition coefficient (Wildman–Crippen LogP) is 4.56. The number of benzene rings is 3. The standard InChI is InChI=1S/C24H26FNO5S2/c1-16(2)26-17(3)18-9-12-20(13-10-18)32(27,28)23-14-11-19(31-4)15-24(23)33(29,30)22-8-6-5-7-21(22)25/h5-17,26H,1-4H3/t17-/m0/s1. The van der Waals surface area contributed by atoms with Gasteiger partial charge in [0.2, 0.25) is 19.7 Å². The summed E-state index contributed by atoms with van der Waals surface area (Å²) in [6.45, 7) is 5.99. The molecule has 0 aliphatic heterocycles. The van der Waals surface area contributed by atoms with E-state index >= 15 is 0 Å². The second-order valence-electron chi connectivity index (χ2n) is 7.86. The van der Waals surface area contributed by atoms with Gasteiger partial charge in [0, 0.05) is 18.2 Å². The van der Waals surface area contributed by atoms with Crippen molar-refractivity contribution in [2.75, 3.05) is 7.11 Å². The van der Waals surface area contributed by atoms with Crippen LogP contribution in [0, 0.1) is 5.82 Å². The Bertz CT molecular complexity index is 1350. The molecule has 0 amide bonds. The van der Waals surface area contributed by atoms with Crippen molar-refractivity contribution in [3.8, 4) is 5.75 Å². The van der Waals surface area contributed by atoms with E-state index in [0.29, 0.717) is 0 Å². The van der Waals surface area contributed by atoms with E-state index in [-0.39, 0.29) is 22.7 Å². The van der Waals surface area contributed by atoms with Gasteiger partial charge in [-0.3, -0.25) is 0 Å². The molecule has 0 fully saturated rings. The second-order valence-corrected chi connectivity index (χ2v) is 11.7. The van der Waals surface area contributed by atoms with E-state index in [1.165, 1.54) is 43.5 Å². The number of hydrogen-bond donors (Lipinski definition) is 1. The Morgan fingerprint density at radius 3 is 2.00 bits per heavy atom. The molecule has 9 heteroatoms. The van der Waals surface area contributed by atoms with Crippen molar-refractivity contribution >= 4 is 19.7 Å². The Labute approximate surface area is 194 Å². The van der Waals surface area contributed by atoms with Crippen molar-refractivity contribution < 1.29 is 26.0 Å². The van der Waals surface area contributed by atoms with E-state index in [0.717, 1.165) is 23.8 Å². The van der Waals surface area contributed by atoms with Crippen LogP contribution in [-0.2, 0) is 19.7 Å². The first-order valence-corrected chi connectivity index (χ1v) is 13.2. The molecule has 0 saturated carbocycles. The highest BCUT2D eigenvalue weighted by Crippen LogP contribution is 2.34. The molecule has 6 nitrogen and oxygen atoms in total. The molecule has 3 aromatic rings. The molecule has 3 rings (SSSR count). The zero-order valence-corrected chi connectivity index (χ0v) is 20.4. The van der Waals surface area contributed by atoms with E-state index in [4.69, 9.17) is 4.74 Å². The predicted molar refractivity (Wildman–Crippen MR) is 123 cm³/mol. The first kappa shape index (κ1) is 24.9. The Hall–Kier alpha value is -2.75. The highest BCUT2D eigenvalue weighted by molar-refractivity contribution is 7.94. The zero-order chi connectivity index (χ0) is 24.4. The summed E-state index contributed by atoms with van der Waals surface area (Å²) in [5, 5.41) is 3.34. The first-order valence-electron chi connectivity index (χ1n) is 10.3. The smallest absolute Gasteiger partial charge is 0.210 e. The second kappa shape index (κ2) is 9.62. The number of ether oxygens (including phenoxy) is 1. The van der Waals surface area contributed by atoms with Crippen molar-refractivity contribution in [2.24, 2.45) is 0 Å². The Morgan fingerprint density at radius 1 is 0.788 bits per heavy atom. The lowest BCUT2D eigenvalue weighted by atomic mass is 10.1. The van der Waals surface area contributed by atoms with Crippen LogP contribution < -0.4 is 10.1 Å². The van der Waals surface area contributed by atoms with Gasteiger partial charge >= 0.3 is 0 Å². The molecule has 1 atom stereocenters. The normalized spacial score (nSPS) is 13.2. The maximum atomic E-state index is 14.3. The molecule has 0 aliphatic rings. The van der Waals surface area contributed by atoms with E-state index < -0.39 is 40.2 Å². The minimum Gasteiger partial charge on any atom is -0.497 e. The lowest BCUT2D eigenvalue weighted by Gasteiger charge is -2.18. The summed E-state index contributed by atoms with van der Waals surface area (Å²) in [6, 6.07) is 14.9. The molecule has 0 spiro atoms. The Morgan fingerprint density at radius 2 is 1.42 bits per heavy atom. The fourth-order valence-electron chi connectivity index (χ4n) is 3.49. The summed E-state index contributed by atoms with van der Waals surface area (Å²) in [6.07, 6.45) is 0. The fraction of sp³-hybridized carbons (Fsp3) is 0.250. The highest BCUT2D eigenvalue weighted by atomic mass is 32.2. The van der Waals surface area contributed by atoms with Crippen LogP contribution in [0.4, 0.5) is 4.39 Å². The van der Waals surface area contributed by atoms with Gasteiger partial charge in [-0.1, -0.05) is 38.1 Å². The van der Waals surface area contributed by atoms with Gasteiger partial charge in [-0.25, -0.2) is 21.2 Å². The third-order valence-corrected chi connectivity index (χ3v) is 8.91. The molecular weight excluding hydrogens is 465 g/mol. The number of nitrogens with one attached hydrogen (secondary N) is 1. The molecule has 176 valence electrons. The molecule has 0 bridgehead atoms. The molecule has 33 heavy (non-hydrogen) atoms. The summed E-state index contributed by atoms with van der Waals surface area (Å²) in [5.74, 6) is -0.840. The number of halogens is 1. The summed E-state index contributed by atoms with van der Waals surface area (Å²) < 4.78 is 73.0. The minimum atomic E-state index is -4.50. The van der Waals surface area contributed by atoms with Crippen LogP contribution in [0.2, 0.25) is 0 Å². The summed E-state index contributed by atoms with van der Waals surface area (Å²) in [4.78, 5) is -1.68. The number of sulfone groups is 2. The van der Waals surface area contributed by atoms with Crippen molar-refractivity contribution in [1.29, 1.82) is 0 Å². The first-order chi connectivity index (χ1) is 15.5. The SMILES string of the molecule is COc1ccc(S(=O)(=O)c2ccc([C@H](C)NC(C)C)cc2)c(S(=O)(=O)c2ccccc2F)c1. The van der Waals surface area contributed by atoms with Crippen molar-refractivity contribution in [3.05, 3.63) is 78.1 Å². The van der Waals surface area contributed by atoms with Crippen LogP contribution in [0.1, 0.15) is 32.4 Å². The van der Waals surface area contributed by atoms with Crippen LogP contribution >= 0.6 is 0 Å². The molecule has 0 heterocycles. The molecule has 0 saturated heterocycles. The molecule has 1 N–H and O–H groups in total. The minimum absolute atomic E-state index is 0.000245. The van der Waals surface area contributed by atoms with Crippen molar-refractivity contribution in [2.45, 2.75) is 52.4 Å². The van der Waals surface area contributed by atoms with E-state index in [2.05, 4.69) is 5.32 Å². The summed E-state index contributed by atoms with van der Waals surface area (Å²) in [7, 11) is -7.42. The molecule has 0 radical (unpaired) electrons. The zero-order valence-electron chi connectivity index (χ0n) is 18.7. The van der Waals surface area contributed by atoms with Crippen LogP contribution in [0.5, 0.6) is 5.75 Å². The maximum Gasteiger partial charge on any atom is 0.210 e. The van der Waals surface area contributed by atoms with Crippen LogP contribution in [0.25, 0.3) is 0 Å². The van der Waals surface area contributed by atoms with Crippen LogP contribution in [0.15, 0.2) is 86.3 Å². The Kier molecular flexibility index (Phi) is 7.26. The van der Waals surface area contributed by atoms with Gasteiger partial charge in [0.1, 0.15) is 16.5 Å². The molecule has 0 aromatic heterocycles. The lowest BCUT2D eigenvalue weighted by Crippen LogP contribution is -2.26. The van der Waals surface area contributed by atoms with Crippen molar-refractivity contribution in [1.82, 2.24) is 5.32 Å². The van der Waals surface area contributed by atoms with Gasteiger partial charge in [0.15, 0.2) is 0 Å². The van der Waals surface area contributed by atoms with E-state index in [9.17, 15) is 21.2 Å². The highest BCUT2D eigenvalue weighted by Gasteiger charge is 2.31. The molecular formula is C24H26FNO5S2. The number of rotatable bonds is 8. The monoisotopic (exact) mass is 491 g/mol. The van der Waals surface area contributed by atoms with Gasteiger partial charge in [0.05, 0.1) is 21.8 Å². The molecule has 0 aliphatic carbocycles. The van der Waals surface area contributed by atoms with E-state index in [1.54, 1.807) is 12.1 Å². The number of hydrogen-bond acceptors (Lipinski definition) is 6.